The fraction of sp³-hybridized carbons (Fsp3) is 0.909. The molecule has 5 nitrogen and oxygen atoms in total. The molecule has 0 amide bonds. The monoisotopic (exact) mass is 295 g/mol. The Kier molecular flexibility index (Phi) is 5.48. The molecule has 106 valence electrons. The van der Waals surface area contributed by atoms with Crippen LogP contribution in [0.25, 0.3) is 0 Å². The van der Waals surface area contributed by atoms with E-state index in [9.17, 15) is 13.2 Å². The Balaban J connectivity index is 2.65. The Morgan fingerprint density at radius 3 is 2.39 bits per heavy atom. The highest BCUT2D eigenvalue weighted by Crippen LogP contribution is 2.38. The van der Waals surface area contributed by atoms with Crippen molar-refractivity contribution >= 4 is 27.8 Å². The van der Waals surface area contributed by atoms with Gasteiger partial charge in [0.05, 0.1) is 0 Å². The molecule has 0 saturated heterocycles. The fourth-order valence-electron chi connectivity index (χ4n) is 2.14. The van der Waals surface area contributed by atoms with Gasteiger partial charge in [-0.1, -0.05) is 19.3 Å². The van der Waals surface area contributed by atoms with E-state index in [1.807, 2.05) is 6.26 Å². The molecule has 0 heterocycles. The molecule has 0 radical (unpaired) electrons. The molecule has 1 fully saturated rings. The van der Waals surface area contributed by atoms with Crippen LogP contribution in [0.2, 0.25) is 0 Å². The van der Waals surface area contributed by atoms with Crippen molar-refractivity contribution in [3.8, 4) is 0 Å². The van der Waals surface area contributed by atoms with Crippen molar-refractivity contribution in [3.05, 3.63) is 0 Å². The van der Waals surface area contributed by atoms with E-state index in [4.69, 9.17) is 5.11 Å². The van der Waals surface area contributed by atoms with Gasteiger partial charge in [0.25, 0.3) is 0 Å². The minimum absolute atomic E-state index is 0.0659. The second-order valence-electron chi connectivity index (χ2n) is 4.79. The topological polar surface area (TPSA) is 83.5 Å². The normalized spacial score (nSPS) is 21.4. The third-order valence-corrected chi connectivity index (χ3v) is 6.70. The average Bonchev–Trinajstić information content (AvgIpc) is 2.36. The van der Waals surface area contributed by atoms with Crippen LogP contribution in [0.5, 0.6) is 0 Å². The van der Waals surface area contributed by atoms with E-state index in [0.29, 0.717) is 6.54 Å². The van der Waals surface area contributed by atoms with E-state index in [-0.39, 0.29) is 4.75 Å². The molecule has 0 aromatic heterocycles. The maximum Gasteiger partial charge on any atom is 0.323 e. The molecule has 2 N–H and O–H groups in total. The quantitative estimate of drug-likeness (QED) is 0.775. The summed E-state index contributed by atoms with van der Waals surface area (Å²) in [7, 11) is -3.77. The van der Waals surface area contributed by atoms with E-state index >= 15 is 0 Å². The van der Waals surface area contributed by atoms with Gasteiger partial charge in [0, 0.05) is 11.3 Å². The van der Waals surface area contributed by atoms with E-state index < -0.39 is 21.2 Å². The molecule has 1 aliphatic carbocycles. The second kappa shape index (κ2) is 6.25. The Morgan fingerprint density at radius 2 is 1.94 bits per heavy atom. The summed E-state index contributed by atoms with van der Waals surface area (Å²) in [4.78, 5) is 10.7. The highest BCUT2D eigenvalue weighted by Gasteiger charge is 2.34. The van der Waals surface area contributed by atoms with Gasteiger partial charge in [0.15, 0.2) is 5.25 Å². The number of carbonyl (C=O) groups is 1. The van der Waals surface area contributed by atoms with Crippen LogP contribution in [0.1, 0.15) is 39.0 Å². The van der Waals surface area contributed by atoms with Crippen LogP contribution in [-0.4, -0.2) is 42.3 Å². The van der Waals surface area contributed by atoms with Crippen molar-refractivity contribution in [2.24, 2.45) is 0 Å². The summed E-state index contributed by atoms with van der Waals surface area (Å²) in [5, 5.41) is 7.35. The molecule has 0 aromatic carbocycles. The summed E-state index contributed by atoms with van der Waals surface area (Å²) in [6.07, 6.45) is 7.37. The number of carboxylic acid groups (broad SMARTS) is 1. The van der Waals surface area contributed by atoms with Crippen LogP contribution in [0, 0.1) is 0 Å². The number of sulfonamides is 1. The predicted molar refractivity (Wildman–Crippen MR) is 73.4 cm³/mol. The van der Waals surface area contributed by atoms with Crippen LogP contribution >= 0.6 is 11.8 Å². The molecule has 1 aliphatic rings. The van der Waals surface area contributed by atoms with Crippen LogP contribution in [-0.2, 0) is 14.8 Å². The van der Waals surface area contributed by atoms with Crippen molar-refractivity contribution in [2.45, 2.75) is 49.0 Å². The first kappa shape index (κ1) is 15.8. The minimum atomic E-state index is -3.77. The van der Waals surface area contributed by atoms with E-state index in [2.05, 4.69) is 4.72 Å². The molecule has 0 aliphatic heterocycles. The SMILES string of the molecule is CSC1(CNS(=O)(=O)C(C)C(=O)O)CCCCC1. The highest BCUT2D eigenvalue weighted by atomic mass is 32.2. The van der Waals surface area contributed by atoms with Crippen molar-refractivity contribution < 1.29 is 18.3 Å². The zero-order chi connectivity index (χ0) is 13.8. The van der Waals surface area contributed by atoms with Crippen molar-refractivity contribution in [3.63, 3.8) is 0 Å². The summed E-state index contributed by atoms with van der Waals surface area (Å²) < 4.78 is 25.9. The van der Waals surface area contributed by atoms with Gasteiger partial charge in [-0.15, -0.1) is 0 Å². The lowest BCUT2D eigenvalue weighted by Gasteiger charge is -2.35. The lowest BCUT2D eigenvalue weighted by Crippen LogP contribution is -2.45. The fourth-order valence-corrected chi connectivity index (χ4v) is 4.14. The van der Waals surface area contributed by atoms with Gasteiger partial charge in [0.1, 0.15) is 0 Å². The molecular weight excluding hydrogens is 274 g/mol. The van der Waals surface area contributed by atoms with Crippen LogP contribution in [0.15, 0.2) is 0 Å². The molecule has 1 rings (SSSR count). The number of hydrogen-bond acceptors (Lipinski definition) is 4. The molecule has 18 heavy (non-hydrogen) atoms. The summed E-state index contributed by atoms with van der Waals surface area (Å²) in [6, 6.07) is 0. The van der Waals surface area contributed by atoms with Gasteiger partial charge >= 0.3 is 5.97 Å². The molecule has 1 unspecified atom stereocenters. The summed E-state index contributed by atoms with van der Waals surface area (Å²) in [5.74, 6) is -1.32. The van der Waals surface area contributed by atoms with Gasteiger partial charge in [-0.05, 0) is 26.0 Å². The average molecular weight is 295 g/mol. The molecule has 7 heteroatoms. The number of rotatable bonds is 6. The molecule has 0 aromatic rings. The summed E-state index contributed by atoms with van der Waals surface area (Å²) in [5.41, 5.74) is 0. The predicted octanol–water partition coefficient (Wildman–Crippen LogP) is 1.44. The van der Waals surface area contributed by atoms with Crippen molar-refractivity contribution in [1.82, 2.24) is 4.72 Å². The molecule has 1 atom stereocenters. The zero-order valence-corrected chi connectivity index (χ0v) is 12.4. The van der Waals surface area contributed by atoms with Gasteiger partial charge in [-0.2, -0.15) is 11.8 Å². The van der Waals surface area contributed by atoms with Gasteiger partial charge in [0.2, 0.25) is 10.0 Å². The smallest absolute Gasteiger partial charge is 0.323 e. The van der Waals surface area contributed by atoms with Crippen molar-refractivity contribution in [1.29, 1.82) is 0 Å². The van der Waals surface area contributed by atoms with Crippen LogP contribution in [0.3, 0.4) is 0 Å². The van der Waals surface area contributed by atoms with Gasteiger partial charge in [-0.3, -0.25) is 4.79 Å². The van der Waals surface area contributed by atoms with Crippen LogP contribution < -0.4 is 4.72 Å². The summed E-state index contributed by atoms with van der Waals surface area (Å²) >= 11 is 1.68. The summed E-state index contributed by atoms with van der Waals surface area (Å²) in [6.45, 7) is 1.52. The number of thioether (sulfide) groups is 1. The Labute approximate surface area is 113 Å². The van der Waals surface area contributed by atoms with Gasteiger partial charge in [-0.25, -0.2) is 13.1 Å². The largest absolute Gasteiger partial charge is 0.480 e. The first-order chi connectivity index (χ1) is 8.33. The maximum absolute atomic E-state index is 11.8. The lowest BCUT2D eigenvalue weighted by molar-refractivity contribution is -0.136. The van der Waals surface area contributed by atoms with Gasteiger partial charge < -0.3 is 5.11 Å². The first-order valence-electron chi connectivity index (χ1n) is 6.09. The standard InChI is InChI=1S/C11H21NO4S2/c1-9(10(13)14)18(15,16)12-8-11(17-2)6-4-3-5-7-11/h9,12H,3-8H2,1-2H3,(H,13,14). The number of aliphatic carboxylic acids is 1. The van der Waals surface area contributed by atoms with E-state index in [0.717, 1.165) is 25.7 Å². The van der Waals surface area contributed by atoms with Crippen molar-refractivity contribution in [2.75, 3.05) is 12.8 Å². The Hall–Kier alpha value is -0.270. The number of hydrogen-bond donors (Lipinski definition) is 2. The highest BCUT2D eigenvalue weighted by molar-refractivity contribution is 8.00. The molecule has 0 spiro atoms. The molecular formula is C11H21NO4S2. The lowest BCUT2D eigenvalue weighted by atomic mass is 9.88. The zero-order valence-electron chi connectivity index (χ0n) is 10.8. The van der Waals surface area contributed by atoms with E-state index in [1.165, 1.54) is 13.3 Å². The Bertz CT molecular complexity index is 388. The Morgan fingerprint density at radius 1 is 1.39 bits per heavy atom. The second-order valence-corrected chi connectivity index (χ2v) is 8.15. The number of nitrogens with one attached hydrogen (secondary N) is 1. The first-order valence-corrected chi connectivity index (χ1v) is 8.86. The third-order valence-electron chi connectivity index (χ3n) is 3.61. The van der Waals surface area contributed by atoms with E-state index in [1.54, 1.807) is 11.8 Å². The minimum Gasteiger partial charge on any atom is -0.480 e. The van der Waals surface area contributed by atoms with Crippen LogP contribution in [0.4, 0.5) is 0 Å². The molecule has 1 saturated carbocycles. The number of carboxylic acids is 1. The maximum atomic E-state index is 11.8. The molecule has 0 bridgehead atoms. The third kappa shape index (κ3) is 3.86.